The summed E-state index contributed by atoms with van der Waals surface area (Å²) >= 11 is 0. The van der Waals surface area contributed by atoms with Gasteiger partial charge in [0.05, 0.1) is 23.9 Å². The Morgan fingerprint density at radius 3 is 2.83 bits per heavy atom. The summed E-state index contributed by atoms with van der Waals surface area (Å²) in [6.45, 7) is 4.55. The van der Waals surface area contributed by atoms with Gasteiger partial charge in [0.1, 0.15) is 0 Å². The molecule has 1 aliphatic rings. The van der Waals surface area contributed by atoms with Crippen molar-refractivity contribution in [3.8, 4) is 0 Å². The number of nitrogens with zero attached hydrogens (tertiary/aromatic N) is 5. The van der Waals surface area contributed by atoms with Crippen LogP contribution < -0.4 is 4.90 Å². The summed E-state index contributed by atoms with van der Waals surface area (Å²) in [7, 11) is 3.80. The molecule has 0 aliphatic carbocycles. The lowest BCUT2D eigenvalue weighted by Crippen LogP contribution is -2.46. The normalized spacial score (nSPS) is 20.9. The molecule has 0 unspecified atom stereocenters. The summed E-state index contributed by atoms with van der Waals surface area (Å²) in [5.41, 5.74) is 1.40. The predicted octanol–water partition coefficient (Wildman–Crippen LogP) is 1.44. The van der Waals surface area contributed by atoms with Crippen LogP contribution in [-0.4, -0.2) is 59.2 Å². The second-order valence-corrected chi connectivity index (χ2v) is 6.11. The van der Waals surface area contributed by atoms with E-state index in [1.807, 2.05) is 32.0 Å². The van der Waals surface area contributed by atoms with Gasteiger partial charge in [0, 0.05) is 33.0 Å². The number of anilines is 1. The van der Waals surface area contributed by atoms with Gasteiger partial charge in [-0.1, -0.05) is 5.16 Å². The van der Waals surface area contributed by atoms with Crippen molar-refractivity contribution in [1.29, 1.82) is 0 Å². The van der Waals surface area contributed by atoms with Gasteiger partial charge in [0.25, 0.3) is 11.8 Å². The number of aromatic nitrogens is 3. The summed E-state index contributed by atoms with van der Waals surface area (Å²) < 4.78 is 11.1. The van der Waals surface area contributed by atoms with Crippen molar-refractivity contribution < 1.29 is 14.1 Å². The Morgan fingerprint density at radius 1 is 1.38 bits per heavy atom. The van der Waals surface area contributed by atoms with E-state index in [1.54, 1.807) is 24.2 Å². The minimum Gasteiger partial charge on any atom is -0.377 e. The van der Waals surface area contributed by atoms with Gasteiger partial charge in [-0.25, -0.2) is 0 Å². The van der Waals surface area contributed by atoms with Crippen LogP contribution >= 0.6 is 0 Å². The Kier molecular flexibility index (Phi) is 4.48. The fourth-order valence-corrected chi connectivity index (χ4v) is 2.81. The number of hydrogen-bond donors (Lipinski definition) is 0. The van der Waals surface area contributed by atoms with Crippen LogP contribution in [0.3, 0.4) is 0 Å². The number of morpholine rings is 1. The van der Waals surface area contributed by atoms with Crippen LogP contribution in [0.15, 0.2) is 23.0 Å². The van der Waals surface area contributed by atoms with E-state index in [1.165, 1.54) is 0 Å². The summed E-state index contributed by atoms with van der Waals surface area (Å²) in [5, 5.41) is 3.80. The zero-order chi connectivity index (χ0) is 17.3. The number of amides is 1. The zero-order valence-electron chi connectivity index (χ0n) is 14.3. The molecule has 0 radical (unpaired) electrons. The van der Waals surface area contributed by atoms with Gasteiger partial charge in [0.2, 0.25) is 0 Å². The molecular weight excluding hydrogens is 310 g/mol. The van der Waals surface area contributed by atoms with E-state index in [-0.39, 0.29) is 12.0 Å². The second kappa shape index (κ2) is 6.56. The van der Waals surface area contributed by atoms with Crippen molar-refractivity contribution in [2.24, 2.45) is 0 Å². The molecule has 0 saturated carbocycles. The Balaban J connectivity index is 1.84. The maximum absolute atomic E-state index is 13.0. The molecule has 1 aliphatic heterocycles. The van der Waals surface area contributed by atoms with Crippen LogP contribution in [0.5, 0.6) is 0 Å². The lowest BCUT2D eigenvalue weighted by molar-refractivity contribution is -0.0810. The molecular formula is C16H21N5O3. The largest absolute Gasteiger partial charge is 0.377 e. The van der Waals surface area contributed by atoms with Crippen molar-refractivity contribution in [1.82, 2.24) is 20.0 Å². The van der Waals surface area contributed by atoms with Gasteiger partial charge in [-0.05, 0) is 19.9 Å². The third-order valence-corrected chi connectivity index (χ3v) is 3.88. The number of rotatable bonds is 3. The SMILES string of the molecule is Cc1noc([C@H]2CN(C(=O)c3cnccc3N(C)C)C[C@@H](C)O2)n1. The third-order valence-electron chi connectivity index (χ3n) is 3.88. The first kappa shape index (κ1) is 16.4. The molecule has 3 heterocycles. The van der Waals surface area contributed by atoms with Gasteiger partial charge in [-0.2, -0.15) is 4.98 Å². The molecule has 2 aromatic rings. The maximum atomic E-state index is 13.0. The molecule has 3 rings (SSSR count). The fourth-order valence-electron chi connectivity index (χ4n) is 2.81. The average molecular weight is 331 g/mol. The average Bonchev–Trinajstić information content (AvgIpc) is 3.00. The lowest BCUT2D eigenvalue weighted by atomic mass is 10.1. The van der Waals surface area contributed by atoms with Crippen LogP contribution in [0.1, 0.15) is 35.1 Å². The fraction of sp³-hybridized carbons (Fsp3) is 0.500. The van der Waals surface area contributed by atoms with E-state index in [0.717, 1.165) is 5.69 Å². The molecule has 0 bridgehead atoms. The van der Waals surface area contributed by atoms with Crippen LogP contribution in [0.4, 0.5) is 5.69 Å². The summed E-state index contributed by atoms with van der Waals surface area (Å²) in [5.74, 6) is 0.867. The predicted molar refractivity (Wildman–Crippen MR) is 86.8 cm³/mol. The molecule has 1 amide bonds. The first-order valence-corrected chi connectivity index (χ1v) is 7.82. The Labute approximate surface area is 140 Å². The van der Waals surface area contributed by atoms with E-state index in [2.05, 4.69) is 15.1 Å². The second-order valence-electron chi connectivity index (χ2n) is 6.11. The molecule has 2 atom stereocenters. The van der Waals surface area contributed by atoms with Gasteiger partial charge in [0.15, 0.2) is 11.9 Å². The van der Waals surface area contributed by atoms with E-state index in [9.17, 15) is 4.79 Å². The van der Waals surface area contributed by atoms with Crippen LogP contribution in [-0.2, 0) is 4.74 Å². The van der Waals surface area contributed by atoms with Crippen molar-refractivity contribution in [3.05, 3.63) is 35.7 Å². The number of hydrogen-bond acceptors (Lipinski definition) is 7. The van der Waals surface area contributed by atoms with E-state index < -0.39 is 6.10 Å². The monoisotopic (exact) mass is 331 g/mol. The number of aryl methyl sites for hydroxylation is 1. The van der Waals surface area contributed by atoms with E-state index in [4.69, 9.17) is 9.26 Å². The first-order valence-electron chi connectivity index (χ1n) is 7.82. The van der Waals surface area contributed by atoms with Gasteiger partial charge < -0.3 is 19.1 Å². The first-order chi connectivity index (χ1) is 11.5. The highest BCUT2D eigenvalue weighted by Gasteiger charge is 2.33. The van der Waals surface area contributed by atoms with E-state index >= 15 is 0 Å². The van der Waals surface area contributed by atoms with Crippen LogP contribution in [0, 0.1) is 6.92 Å². The number of carbonyl (C=O) groups is 1. The Bertz CT molecular complexity index is 730. The van der Waals surface area contributed by atoms with Gasteiger partial charge in [-0.15, -0.1) is 0 Å². The lowest BCUT2D eigenvalue weighted by Gasteiger charge is -2.35. The molecule has 0 spiro atoms. The van der Waals surface area contributed by atoms with E-state index in [0.29, 0.717) is 30.4 Å². The molecule has 8 heteroatoms. The Hall–Kier alpha value is -2.48. The van der Waals surface area contributed by atoms with Crippen molar-refractivity contribution in [2.75, 3.05) is 32.1 Å². The summed E-state index contributed by atoms with van der Waals surface area (Å²) in [6, 6.07) is 1.83. The zero-order valence-corrected chi connectivity index (χ0v) is 14.3. The third kappa shape index (κ3) is 3.23. The quantitative estimate of drug-likeness (QED) is 0.841. The highest BCUT2D eigenvalue weighted by molar-refractivity contribution is 5.99. The molecule has 0 aromatic carbocycles. The number of pyridine rings is 1. The molecule has 2 aromatic heterocycles. The minimum absolute atomic E-state index is 0.0804. The van der Waals surface area contributed by atoms with Crippen LogP contribution in [0.25, 0.3) is 0 Å². The molecule has 0 N–H and O–H groups in total. The number of ether oxygens (including phenoxy) is 1. The molecule has 8 nitrogen and oxygen atoms in total. The highest BCUT2D eigenvalue weighted by Crippen LogP contribution is 2.27. The smallest absolute Gasteiger partial charge is 0.257 e. The molecule has 1 saturated heterocycles. The highest BCUT2D eigenvalue weighted by atomic mass is 16.5. The molecule has 1 fully saturated rings. The van der Waals surface area contributed by atoms with Crippen LogP contribution in [0.2, 0.25) is 0 Å². The van der Waals surface area contributed by atoms with Crippen molar-refractivity contribution >= 4 is 11.6 Å². The standard InChI is InChI=1S/C16H21N5O3/c1-10-8-21(9-14(23-10)15-18-11(2)19-24-15)16(22)12-7-17-6-5-13(12)20(3)4/h5-7,10,14H,8-9H2,1-4H3/t10-,14-/m1/s1. The topological polar surface area (TPSA) is 84.6 Å². The maximum Gasteiger partial charge on any atom is 0.257 e. The minimum atomic E-state index is -0.418. The number of carbonyl (C=O) groups excluding carboxylic acids is 1. The van der Waals surface area contributed by atoms with Gasteiger partial charge >= 0.3 is 0 Å². The molecule has 24 heavy (non-hydrogen) atoms. The summed E-state index contributed by atoms with van der Waals surface area (Å²) in [6.07, 6.45) is 2.74. The Morgan fingerprint density at radius 2 is 2.17 bits per heavy atom. The van der Waals surface area contributed by atoms with Crippen molar-refractivity contribution in [3.63, 3.8) is 0 Å². The van der Waals surface area contributed by atoms with Gasteiger partial charge in [-0.3, -0.25) is 9.78 Å². The summed E-state index contributed by atoms with van der Waals surface area (Å²) in [4.78, 5) is 25.0. The molecule has 128 valence electrons. The van der Waals surface area contributed by atoms with Crippen molar-refractivity contribution in [2.45, 2.75) is 26.1 Å².